The molecule has 4 nitrogen and oxygen atoms in total. The highest BCUT2D eigenvalue weighted by molar-refractivity contribution is 6.29. The van der Waals surface area contributed by atoms with Crippen molar-refractivity contribution < 1.29 is 9.53 Å². The summed E-state index contributed by atoms with van der Waals surface area (Å²) in [7, 11) is 1.50. The van der Waals surface area contributed by atoms with Crippen LogP contribution in [0, 0.1) is 0 Å². The summed E-state index contributed by atoms with van der Waals surface area (Å²) < 4.78 is 5.06. The van der Waals surface area contributed by atoms with E-state index in [0.29, 0.717) is 22.5 Å². The number of amides is 1. The Bertz CT molecular complexity index is 391. The number of hydrogen-bond acceptors (Lipinski definition) is 3. The molecular formula is C10H11ClN2O2. The largest absolute Gasteiger partial charge is 0.496 e. The fourth-order valence-corrected chi connectivity index (χ4v) is 1.39. The van der Waals surface area contributed by atoms with E-state index in [1.165, 1.54) is 19.4 Å². The van der Waals surface area contributed by atoms with Gasteiger partial charge in [0, 0.05) is 18.3 Å². The summed E-state index contributed by atoms with van der Waals surface area (Å²) in [5, 5.41) is 3.18. The van der Waals surface area contributed by atoms with E-state index in [0.717, 1.165) is 12.8 Å². The van der Waals surface area contributed by atoms with E-state index in [9.17, 15) is 4.79 Å². The van der Waals surface area contributed by atoms with Crippen LogP contribution < -0.4 is 10.1 Å². The predicted molar refractivity (Wildman–Crippen MR) is 56.3 cm³/mol. The number of carbonyl (C=O) groups excluding carboxylic acids is 1. The van der Waals surface area contributed by atoms with Crippen LogP contribution in [0.5, 0.6) is 5.75 Å². The van der Waals surface area contributed by atoms with E-state index < -0.39 is 0 Å². The summed E-state index contributed by atoms with van der Waals surface area (Å²) in [6.45, 7) is 0. The lowest BCUT2D eigenvalue weighted by Gasteiger charge is -2.08. The molecule has 1 N–H and O–H groups in total. The number of ether oxygens (including phenoxy) is 1. The maximum absolute atomic E-state index is 11.7. The van der Waals surface area contributed by atoms with Crippen LogP contribution in [0.15, 0.2) is 12.3 Å². The number of carbonyl (C=O) groups is 1. The molecule has 1 saturated carbocycles. The highest BCUT2D eigenvalue weighted by atomic mass is 35.5. The number of rotatable bonds is 3. The van der Waals surface area contributed by atoms with Gasteiger partial charge in [-0.2, -0.15) is 0 Å². The van der Waals surface area contributed by atoms with Crippen LogP contribution in [0.3, 0.4) is 0 Å². The van der Waals surface area contributed by atoms with Crippen molar-refractivity contribution in [2.75, 3.05) is 7.11 Å². The van der Waals surface area contributed by atoms with Crippen molar-refractivity contribution in [2.24, 2.45) is 0 Å². The van der Waals surface area contributed by atoms with Crippen LogP contribution in [0.25, 0.3) is 0 Å². The lowest BCUT2D eigenvalue weighted by atomic mass is 10.2. The number of nitrogens with zero attached hydrogens (tertiary/aromatic N) is 1. The molecule has 0 atom stereocenters. The molecule has 1 aliphatic rings. The predicted octanol–water partition coefficient (Wildman–Crippen LogP) is 1.64. The number of halogens is 1. The lowest BCUT2D eigenvalue weighted by molar-refractivity contribution is 0.0947. The van der Waals surface area contributed by atoms with Crippen LogP contribution in [0.1, 0.15) is 23.2 Å². The van der Waals surface area contributed by atoms with Crippen LogP contribution in [0.4, 0.5) is 0 Å². The second-order valence-electron chi connectivity index (χ2n) is 3.46. The van der Waals surface area contributed by atoms with Crippen LogP contribution in [0.2, 0.25) is 5.15 Å². The average Bonchev–Trinajstić information content (AvgIpc) is 3.01. The standard InChI is InChI=1S/C10H11ClN2O2/c1-15-8-4-9(11)12-5-7(8)10(14)13-6-2-3-6/h4-6H,2-3H2,1H3,(H,13,14). The van der Waals surface area contributed by atoms with Gasteiger partial charge in [0.1, 0.15) is 10.9 Å². The summed E-state index contributed by atoms with van der Waals surface area (Å²) >= 11 is 5.70. The zero-order valence-electron chi connectivity index (χ0n) is 8.29. The number of hydrogen-bond donors (Lipinski definition) is 1. The molecule has 1 aromatic heterocycles. The first-order chi connectivity index (χ1) is 7.20. The average molecular weight is 227 g/mol. The Balaban J connectivity index is 2.21. The molecule has 0 saturated heterocycles. The smallest absolute Gasteiger partial charge is 0.256 e. The van der Waals surface area contributed by atoms with Gasteiger partial charge < -0.3 is 10.1 Å². The molecule has 1 amide bonds. The topological polar surface area (TPSA) is 51.2 Å². The first kappa shape index (κ1) is 10.2. The third kappa shape index (κ3) is 2.39. The normalized spacial score (nSPS) is 14.8. The number of pyridine rings is 1. The molecule has 1 heterocycles. The van der Waals surface area contributed by atoms with Crippen molar-refractivity contribution in [1.29, 1.82) is 0 Å². The summed E-state index contributed by atoms with van der Waals surface area (Å²) in [6, 6.07) is 1.85. The molecule has 80 valence electrons. The van der Waals surface area contributed by atoms with Gasteiger partial charge in [-0.15, -0.1) is 0 Å². The van der Waals surface area contributed by atoms with Crippen molar-refractivity contribution in [3.63, 3.8) is 0 Å². The van der Waals surface area contributed by atoms with Gasteiger partial charge in [0.05, 0.1) is 12.7 Å². The molecule has 5 heteroatoms. The molecule has 0 aromatic carbocycles. The highest BCUT2D eigenvalue weighted by Crippen LogP contribution is 2.23. The fourth-order valence-electron chi connectivity index (χ4n) is 1.24. The van der Waals surface area contributed by atoms with E-state index in [2.05, 4.69) is 10.3 Å². The molecular weight excluding hydrogens is 216 g/mol. The summed E-state index contributed by atoms with van der Waals surface area (Å²) in [4.78, 5) is 15.6. The maximum atomic E-state index is 11.7. The SMILES string of the molecule is COc1cc(Cl)ncc1C(=O)NC1CC1. The molecule has 1 aliphatic carbocycles. The minimum atomic E-state index is -0.154. The van der Waals surface area contributed by atoms with E-state index >= 15 is 0 Å². The maximum Gasteiger partial charge on any atom is 0.256 e. The zero-order chi connectivity index (χ0) is 10.8. The van der Waals surface area contributed by atoms with Gasteiger partial charge >= 0.3 is 0 Å². The lowest BCUT2D eigenvalue weighted by Crippen LogP contribution is -2.25. The van der Waals surface area contributed by atoms with E-state index in [1.54, 1.807) is 0 Å². The number of nitrogens with one attached hydrogen (secondary N) is 1. The second kappa shape index (κ2) is 4.06. The molecule has 1 fully saturated rings. The monoisotopic (exact) mass is 226 g/mol. The first-order valence-corrected chi connectivity index (χ1v) is 5.09. The highest BCUT2D eigenvalue weighted by Gasteiger charge is 2.25. The third-order valence-corrected chi connectivity index (χ3v) is 2.42. The Morgan fingerprint density at radius 3 is 3.00 bits per heavy atom. The van der Waals surface area contributed by atoms with E-state index in [1.807, 2.05) is 0 Å². The van der Waals surface area contributed by atoms with E-state index in [4.69, 9.17) is 16.3 Å². The Kier molecular flexibility index (Phi) is 2.77. The van der Waals surface area contributed by atoms with Crippen molar-refractivity contribution in [3.05, 3.63) is 23.0 Å². The Morgan fingerprint density at radius 1 is 1.67 bits per heavy atom. The fraction of sp³-hybridized carbons (Fsp3) is 0.400. The Hall–Kier alpha value is -1.29. The molecule has 0 aliphatic heterocycles. The van der Waals surface area contributed by atoms with Crippen molar-refractivity contribution >= 4 is 17.5 Å². The van der Waals surface area contributed by atoms with Gasteiger partial charge in [0.2, 0.25) is 0 Å². The van der Waals surface area contributed by atoms with Crippen molar-refractivity contribution in [2.45, 2.75) is 18.9 Å². The Morgan fingerprint density at radius 2 is 2.40 bits per heavy atom. The van der Waals surface area contributed by atoms with Crippen LogP contribution in [-0.4, -0.2) is 24.0 Å². The molecule has 2 rings (SSSR count). The van der Waals surface area contributed by atoms with Gasteiger partial charge in [0.25, 0.3) is 5.91 Å². The van der Waals surface area contributed by atoms with E-state index in [-0.39, 0.29) is 5.91 Å². The van der Waals surface area contributed by atoms with Crippen molar-refractivity contribution in [3.8, 4) is 5.75 Å². The van der Waals surface area contributed by atoms with Gasteiger partial charge in [-0.3, -0.25) is 4.79 Å². The summed E-state index contributed by atoms with van der Waals surface area (Å²) in [6.07, 6.45) is 3.53. The molecule has 0 bridgehead atoms. The molecule has 0 radical (unpaired) electrons. The van der Waals surface area contributed by atoms with Crippen LogP contribution in [-0.2, 0) is 0 Å². The van der Waals surface area contributed by atoms with Gasteiger partial charge in [-0.1, -0.05) is 11.6 Å². The minimum Gasteiger partial charge on any atom is -0.496 e. The number of methoxy groups -OCH3 is 1. The van der Waals surface area contributed by atoms with Gasteiger partial charge in [-0.05, 0) is 12.8 Å². The quantitative estimate of drug-likeness (QED) is 0.798. The zero-order valence-corrected chi connectivity index (χ0v) is 9.04. The molecule has 0 spiro atoms. The minimum absolute atomic E-state index is 0.154. The first-order valence-electron chi connectivity index (χ1n) is 4.71. The summed E-state index contributed by atoms with van der Waals surface area (Å²) in [5.41, 5.74) is 0.425. The second-order valence-corrected chi connectivity index (χ2v) is 3.84. The van der Waals surface area contributed by atoms with Gasteiger partial charge in [-0.25, -0.2) is 4.98 Å². The van der Waals surface area contributed by atoms with Gasteiger partial charge in [0.15, 0.2) is 0 Å². The Labute approximate surface area is 92.6 Å². The third-order valence-electron chi connectivity index (χ3n) is 2.21. The molecule has 1 aromatic rings. The number of aromatic nitrogens is 1. The molecule has 15 heavy (non-hydrogen) atoms. The summed E-state index contributed by atoms with van der Waals surface area (Å²) in [5.74, 6) is 0.298. The van der Waals surface area contributed by atoms with Crippen molar-refractivity contribution in [1.82, 2.24) is 10.3 Å². The van der Waals surface area contributed by atoms with Crippen LogP contribution >= 0.6 is 11.6 Å². The molecule has 0 unspecified atom stereocenters.